The standard InChI is InChI=1S/C20H40N4/c1(3-5-13-23-15-7-21(8-16-23)9-17-23)2-4-6-14-24-18-10-22(11-19-24)12-20-24/h1-20H2/q+2. The molecule has 6 fully saturated rings. The molecule has 6 aliphatic heterocycles. The molecule has 0 atom stereocenters. The van der Waals surface area contributed by atoms with E-state index in [2.05, 4.69) is 9.80 Å². The Hall–Kier alpha value is -0.160. The van der Waals surface area contributed by atoms with Crippen LogP contribution in [0.15, 0.2) is 0 Å². The second kappa shape index (κ2) is 7.61. The van der Waals surface area contributed by atoms with Gasteiger partial charge in [0.05, 0.1) is 52.4 Å². The van der Waals surface area contributed by atoms with E-state index >= 15 is 0 Å². The Balaban J connectivity index is 1.03. The fourth-order valence-corrected chi connectivity index (χ4v) is 5.74. The van der Waals surface area contributed by atoms with Gasteiger partial charge in [0.25, 0.3) is 0 Å². The van der Waals surface area contributed by atoms with E-state index in [4.69, 9.17) is 0 Å². The summed E-state index contributed by atoms with van der Waals surface area (Å²) in [4.78, 5) is 5.32. The van der Waals surface area contributed by atoms with Crippen molar-refractivity contribution in [2.45, 2.75) is 38.5 Å². The molecule has 6 saturated heterocycles. The Kier molecular flexibility index (Phi) is 5.47. The van der Waals surface area contributed by atoms with Gasteiger partial charge in [-0.3, -0.25) is 9.80 Å². The summed E-state index contributed by atoms with van der Waals surface area (Å²) in [5, 5.41) is 0. The predicted molar refractivity (Wildman–Crippen MR) is 100 cm³/mol. The molecule has 0 aromatic heterocycles. The van der Waals surface area contributed by atoms with Crippen molar-refractivity contribution < 1.29 is 8.97 Å². The third kappa shape index (κ3) is 3.98. The molecule has 0 saturated carbocycles. The fourth-order valence-electron chi connectivity index (χ4n) is 5.74. The first kappa shape index (κ1) is 17.3. The Morgan fingerprint density at radius 3 is 1.04 bits per heavy atom. The van der Waals surface area contributed by atoms with E-state index in [1.807, 2.05) is 0 Å². The molecule has 4 bridgehead atoms. The van der Waals surface area contributed by atoms with E-state index in [-0.39, 0.29) is 0 Å². The summed E-state index contributed by atoms with van der Waals surface area (Å²) in [6.07, 6.45) is 8.91. The molecule has 24 heavy (non-hydrogen) atoms. The first-order valence-electron chi connectivity index (χ1n) is 10.9. The van der Waals surface area contributed by atoms with Gasteiger partial charge in [-0.25, -0.2) is 0 Å². The molecule has 4 heteroatoms. The molecule has 0 spiro atoms. The molecule has 6 rings (SSSR count). The van der Waals surface area contributed by atoms with Gasteiger partial charge >= 0.3 is 0 Å². The molecule has 4 nitrogen and oxygen atoms in total. The number of rotatable bonds is 9. The van der Waals surface area contributed by atoms with E-state index in [0.717, 1.165) is 0 Å². The van der Waals surface area contributed by atoms with E-state index < -0.39 is 0 Å². The smallest absolute Gasteiger partial charge is 0.0916 e. The number of fused-ring (bicyclic) bond motifs is 6. The van der Waals surface area contributed by atoms with Crippen molar-refractivity contribution in [1.82, 2.24) is 9.80 Å². The highest BCUT2D eigenvalue weighted by Crippen LogP contribution is 2.22. The van der Waals surface area contributed by atoms with Crippen LogP contribution in [0.2, 0.25) is 0 Å². The second-order valence-electron chi connectivity index (χ2n) is 9.28. The summed E-state index contributed by atoms with van der Waals surface area (Å²) in [5.74, 6) is 0. The van der Waals surface area contributed by atoms with Crippen molar-refractivity contribution in [2.24, 2.45) is 0 Å². The first-order chi connectivity index (χ1) is 11.8. The third-order valence-corrected chi connectivity index (χ3v) is 7.86. The van der Waals surface area contributed by atoms with E-state index in [1.165, 1.54) is 139 Å². The summed E-state index contributed by atoms with van der Waals surface area (Å²) in [5.41, 5.74) is 0. The van der Waals surface area contributed by atoms with Gasteiger partial charge in [-0.1, -0.05) is 12.8 Å². The molecule has 0 amide bonds. The number of nitrogens with zero attached hydrogens (tertiary/aromatic N) is 4. The predicted octanol–water partition coefficient (Wildman–Crippen LogP) is 1.62. The largest absolute Gasteiger partial charge is 0.320 e. The average molecular weight is 337 g/mol. The SMILES string of the molecule is C(CCCC[N+]12CCN(CC1)CC2)CCC[N+]12CCN(CC1)CC2. The molecule has 0 aliphatic carbocycles. The van der Waals surface area contributed by atoms with Crippen LogP contribution in [0.3, 0.4) is 0 Å². The molecular weight excluding hydrogens is 296 g/mol. The summed E-state index contributed by atoms with van der Waals surface area (Å²) >= 11 is 0. The lowest BCUT2D eigenvalue weighted by molar-refractivity contribution is -0.941. The van der Waals surface area contributed by atoms with Crippen LogP contribution >= 0.6 is 0 Å². The summed E-state index contributed by atoms with van der Waals surface area (Å²) in [6, 6.07) is 0. The van der Waals surface area contributed by atoms with Gasteiger partial charge in [0.2, 0.25) is 0 Å². The fraction of sp³-hybridized carbons (Fsp3) is 1.00. The summed E-state index contributed by atoms with van der Waals surface area (Å²) < 4.78 is 2.93. The van der Waals surface area contributed by atoms with Crippen molar-refractivity contribution in [2.75, 3.05) is 91.6 Å². The number of quaternary nitrogens is 2. The minimum absolute atomic E-state index is 1.37. The molecule has 0 aromatic rings. The van der Waals surface area contributed by atoms with Crippen molar-refractivity contribution in [3.8, 4) is 0 Å². The maximum absolute atomic E-state index is 2.66. The molecule has 6 aliphatic rings. The lowest BCUT2D eigenvalue weighted by Crippen LogP contribution is -2.67. The Morgan fingerprint density at radius 1 is 0.417 bits per heavy atom. The van der Waals surface area contributed by atoms with Crippen LogP contribution in [0.5, 0.6) is 0 Å². The molecule has 0 unspecified atom stereocenters. The van der Waals surface area contributed by atoms with Crippen LogP contribution in [-0.2, 0) is 0 Å². The Bertz CT molecular complexity index is 329. The zero-order chi connectivity index (χ0) is 16.3. The maximum Gasteiger partial charge on any atom is 0.0916 e. The lowest BCUT2D eigenvalue weighted by atomic mass is 10.1. The van der Waals surface area contributed by atoms with Gasteiger partial charge in [-0.05, 0) is 25.7 Å². The van der Waals surface area contributed by atoms with Gasteiger partial charge in [0, 0.05) is 39.3 Å². The van der Waals surface area contributed by atoms with Crippen LogP contribution in [-0.4, -0.2) is 110 Å². The number of piperazine rings is 6. The second-order valence-corrected chi connectivity index (χ2v) is 9.28. The Morgan fingerprint density at radius 2 is 0.708 bits per heavy atom. The van der Waals surface area contributed by atoms with Crippen molar-refractivity contribution in [3.63, 3.8) is 0 Å². The van der Waals surface area contributed by atoms with Crippen LogP contribution in [0.25, 0.3) is 0 Å². The van der Waals surface area contributed by atoms with E-state index in [1.54, 1.807) is 0 Å². The lowest BCUT2D eigenvalue weighted by Gasteiger charge is -2.50. The van der Waals surface area contributed by atoms with Crippen LogP contribution in [0.1, 0.15) is 38.5 Å². The maximum atomic E-state index is 2.66. The molecule has 0 N–H and O–H groups in total. The number of unbranched alkanes of at least 4 members (excludes halogenated alkanes) is 5. The molecule has 0 aromatic carbocycles. The molecule has 6 heterocycles. The topological polar surface area (TPSA) is 6.48 Å². The van der Waals surface area contributed by atoms with E-state index in [0.29, 0.717) is 0 Å². The summed E-state index contributed by atoms with van der Waals surface area (Å²) in [6.45, 7) is 19.8. The Labute approximate surface area is 149 Å². The monoisotopic (exact) mass is 336 g/mol. The highest BCUT2D eigenvalue weighted by atomic mass is 15.5. The van der Waals surface area contributed by atoms with Gasteiger partial charge in [0.1, 0.15) is 0 Å². The van der Waals surface area contributed by atoms with E-state index in [9.17, 15) is 0 Å². The zero-order valence-corrected chi connectivity index (χ0v) is 15.9. The number of hydrogen-bond donors (Lipinski definition) is 0. The molecule has 138 valence electrons. The van der Waals surface area contributed by atoms with Gasteiger partial charge in [0.15, 0.2) is 0 Å². The highest BCUT2D eigenvalue weighted by Gasteiger charge is 2.38. The van der Waals surface area contributed by atoms with Crippen LogP contribution in [0, 0.1) is 0 Å². The number of hydrogen-bond acceptors (Lipinski definition) is 2. The molecule has 0 radical (unpaired) electrons. The normalized spacial score (nSPS) is 41.0. The van der Waals surface area contributed by atoms with Crippen molar-refractivity contribution >= 4 is 0 Å². The van der Waals surface area contributed by atoms with Gasteiger partial charge < -0.3 is 8.97 Å². The van der Waals surface area contributed by atoms with Crippen molar-refractivity contribution in [3.05, 3.63) is 0 Å². The zero-order valence-electron chi connectivity index (χ0n) is 15.9. The minimum Gasteiger partial charge on any atom is -0.320 e. The van der Waals surface area contributed by atoms with Gasteiger partial charge in [-0.15, -0.1) is 0 Å². The minimum atomic E-state index is 1.37. The first-order valence-corrected chi connectivity index (χ1v) is 10.9. The third-order valence-electron chi connectivity index (χ3n) is 7.86. The molecular formula is C20H40N4+2. The average Bonchev–Trinajstić information content (AvgIpc) is 2.67. The van der Waals surface area contributed by atoms with Crippen molar-refractivity contribution in [1.29, 1.82) is 0 Å². The quantitative estimate of drug-likeness (QED) is 0.466. The van der Waals surface area contributed by atoms with Crippen LogP contribution < -0.4 is 0 Å². The van der Waals surface area contributed by atoms with Crippen LogP contribution in [0.4, 0.5) is 0 Å². The highest BCUT2D eigenvalue weighted by molar-refractivity contribution is 4.71. The van der Waals surface area contributed by atoms with Gasteiger partial charge in [-0.2, -0.15) is 0 Å². The summed E-state index contributed by atoms with van der Waals surface area (Å²) in [7, 11) is 0.